The molecule has 4 rings (SSSR count). The summed E-state index contributed by atoms with van der Waals surface area (Å²) >= 11 is 14.3. The Morgan fingerprint density at radius 2 is 0.625 bits per heavy atom. The van der Waals surface area contributed by atoms with Gasteiger partial charge in [-0.3, -0.25) is 0 Å². The highest BCUT2D eigenvalue weighted by atomic mass is 35.5. The van der Waals surface area contributed by atoms with Gasteiger partial charge in [-0.1, -0.05) is 121 Å². The van der Waals surface area contributed by atoms with Crippen LogP contribution in [0, 0.1) is 0 Å². The summed E-state index contributed by atoms with van der Waals surface area (Å²) in [6, 6.07) is 42.7. The lowest BCUT2D eigenvalue weighted by Crippen LogP contribution is -2.21. The fraction of sp³-hybridized carbons (Fsp3) is 0.143. The fourth-order valence-electron chi connectivity index (χ4n) is 3.83. The summed E-state index contributed by atoms with van der Waals surface area (Å²) in [4.78, 5) is 0. The Morgan fingerprint density at radius 3 is 0.844 bits per heavy atom. The maximum atomic E-state index is 7.13. The summed E-state index contributed by atoms with van der Waals surface area (Å²) in [6.45, 7) is 0. The van der Waals surface area contributed by atoms with E-state index in [-0.39, 0.29) is 10.2 Å². The molecule has 0 radical (unpaired) electrons. The van der Waals surface area contributed by atoms with Crippen molar-refractivity contribution in [3.63, 3.8) is 0 Å². The minimum atomic E-state index is -0.657. The van der Waals surface area contributed by atoms with Crippen LogP contribution in [-0.4, -0.2) is 10.2 Å². The quantitative estimate of drug-likeness (QED) is 0.171. The zero-order chi connectivity index (χ0) is 22.2. The first-order valence-electron chi connectivity index (χ1n) is 10.8. The van der Waals surface area contributed by atoms with Gasteiger partial charge in [-0.05, 0) is 49.9 Å². The molecule has 0 nitrogen and oxygen atoms in total. The first-order chi connectivity index (χ1) is 15.7. The van der Waals surface area contributed by atoms with Crippen LogP contribution in [-0.2, 0) is 0 Å². The van der Waals surface area contributed by atoms with Crippen molar-refractivity contribution in [2.24, 2.45) is 0 Å². The molecular weight excluding hydrogens is 469 g/mol. The molecule has 4 heteroatoms. The molecule has 0 aromatic heterocycles. The average Bonchev–Trinajstić information content (AvgIpc) is 2.86. The van der Waals surface area contributed by atoms with Gasteiger partial charge in [0.15, 0.2) is 0 Å². The smallest absolute Gasteiger partial charge is 0.0616 e. The second-order valence-corrected chi connectivity index (χ2v) is 14.0. The van der Waals surface area contributed by atoms with Gasteiger partial charge in [0.25, 0.3) is 0 Å². The number of hydrogen-bond acceptors (Lipinski definition) is 0. The van der Waals surface area contributed by atoms with E-state index in [1.165, 1.54) is 21.2 Å². The van der Waals surface area contributed by atoms with Crippen molar-refractivity contribution in [3.8, 4) is 0 Å². The van der Waals surface area contributed by atoms with Crippen LogP contribution in [0.5, 0.6) is 0 Å². The number of alkyl halides is 2. The predicted molar refractivity (Wildman–Crippen MR) is 147 cm³/mol. The van der Waals surface area contributed by atoms with Gasteiger partial charge in [-0.25, -0.2) is 0 Å². The molecule has 0 spiro atoms. The number of halogens is 2. The summed E-state index contributed by atoms with van der Waals surface area (Å²) < 4.78 is 0. The van der Waals surface area contributed by atoms with Crippen LogP contribution >= 0.6 is 39.0 Å². The highest BCUT2D eigenvalue weighted by Crippen LogP contribution is 2.48. The minimum Gasteiger partial charge on any atom is -0.117 e. The van der Waals surface area contributed by atoms with Gasteiger partial charge >= 0.3 is 0 Å². The van der Waals surface area contributed by atoms with Crippen molar-refractivity contribution in [3.05, 3.63) is 121 Å². The second-order valence-electron chi connectivity index (χ2n) is 7.53. The van der Waals surface area contributed by atoms with E-state index in [0.717, 1.165) is 12.8 Å². The van der Waals surface area contributed by atoms with Gasteiger partial charge in [-0.2, -0.15) is 0 Å². The summed E-state index contributed by atoms with van der Waals surface area (Å²) in [7, 11) is -1.31. The molecule has 2 atom stereocenters. The Kier molecular flexibility index (Phi) is 8.78. The van der Waals surface area contributed by atoms with E-state index in [1.54, 1.807) is 0 Å². The summed E-state index contributed by atoms with van der Waals surface area (Å²) in [5, 5.41) is 5.31. The van der Waals surface area contributed by atoms with Gasteiger partial charge < -0.3 is 0 Å². The number of benzene rings is 4. The maximum Gasteiger partial charge on any atom is 0.0616 e. The monoisotopic (exact) mass is 494 g/mol. The maximum absolute atomic E-state index is 7.13. The molecule has 0 saturated carbocycles. The molecule has 32 heavy (non-hydrogen) atoms. The molecule has 2 unspecified atom stereocenters. The lowest BCUT2D eigenvalue weighted by atomic mass is 10.3. The topological polar surface area (TPSA) is 0 Å². The lowest BCUT2D eigenvalue weighted by Gasteiger charge is -2.27. The zero-order valence-electron chi connectivity index (χ0n) is 17.8. The highest BCUT2D eigenvalue weighted by molar-refractivity contribution is 7.75. The van der Waals surface area contributed by atoms with E-state index >= 15 is 0 Å². The van der Waals surface area contributed by atoms with Gasteiger partial charge in [0.2, 0.25) is 0 Å². The van der Waals surface area contributed by atoms with Gasteiger partial charge in [0.05, 0.1) is 10.2 Å². The van der Waals surface area contributed by atoms with Crippen LogP contribution in [0.15, 0.2) is 121 Å². The number of hydrogen-bond donors (Lipinski definition) is 0. The fourth-order valence-corrected chi connectivity index (χ4v) is 10.1. The first kappa shape index (κ1) is 23.5. The zero-order valence-corrected chi connectivity index (χ0v) is 21.1. The van der Waals surface area contributed by atoms with Crippen molar-refractivity contribution in [2.45, 2.75) is 23.1 Å². The lowest BCUT2D eigenvalue weighted by molar-refractivity contribution is 0.839. The molecule has 162 valence electrons. The standard InChI is InChI=1S/C28H26Cl2P2/c29-27(31(23-13-5-1-6-14-23)24-15-7-2-8-16-24)21-22-28(30)32(25-17-9-3-10-18-25)26-19-11-4-12-20-26/h1-20,27-28H,21-22H2. The predicted octanol–water partition coefficient (Wildman–Crippen LogP) is 7.16. The van der Waals surface area contributed by atoms with E-state index in [1.807, 2.05) is 0 Å². The molecule has 0 N–H and O–H groups in total. The summed E-state index contributed by atoms with van der Waals surface area (Å²) in [5.41, 5.74) is 0. The van der Waals surface area contributed by atoms with Crippen molar-refractivity contribution in [2.75, 3.05) is 0 Å². The molecule has 0 heterocycles. The molecule has 4 aromatic rings. The first-order valence-corrected chi connectivity index (χ1v) is 14.5. The van der Waals surface area contributed by atoms with Crippen LogP contribution < -0.4 is 21.2 Å². The molecule has 4 aromatic carbocycles. The SMILES string of the molecule is ClC(CCC(Cl)P(c1ccccc1)c1ccccc1)P(c1ccccc1)c1ccccc1. The Balaban J connectivity index is 1.55. The molecule has 0 aliphatic carbocycles. The van der Waals surface area contributed by atoms with Gasteiger partial charge in [0.1, 0.15) is 0 Å². The van der Waals surface area contributed by atoms with Crippen molar-refractivity contribution in [1.29, 1.82) is 0 Å². The molecule has 0 aliphatic heterocycles. The van der Waals surface area contributed by atoms with Crippen LogP contribution in [0.1, 0.15) is 12.8 Å². The minimum absolute atomic E-state index is 0.0273. The van der Waals surface area contributed by atoms with Crippen LogP contribution in [0.4, 0.5) is 0 Å². The Labute approximate surface area is 204 Å². The van der Waals surface area contributed by atoms with Crippen LogP contribution in [0.3, 0.4) is 0 Å². The Morgan fingerprint density at radius 1 is 0.406 bits per heavy atom. The molecule has 0 aliphatic rings. The third-order valence-electron chi connectivity index (χ3n) is 5.34. The molecule has 0 bridgehead atoms. The van der Waals surface area contributed by atoms with Gasteiger partial charge in [-0.15, -0.1) is 23.2 Å². The average molecular weight is 495 g/mol. The largest absolute Gasteiger partial charge is 0.117 e. The van der Waals surface area contributed by atoms with E-state index in [4.69, 9.17) is 23.2 Å². The normalized spacial score (nSPS) is 13.2. The van der Waals surface area contributed by atoms with E-state index in [9.17, 15) is 0 Å². The second kappa shape index (κ2) is 12.0. The van der Waals surface area contributed by atoms with Crippen molar-refractivity contribution >= 4 is 60.3 Å². The van der Waals surface area contributed by atoms with Crippen molar-refractivity contribution in [1.82, 2.24) is 0 Å². The van der Waals surface area contributed by atoms with Gasteiger partial charge in [0, 0.05) is 0 Å². The third-order valence-corrected chi connectivity index (χ3v) is 12.0. The Hall–Kier alpha value is -1.68. The van der Waals surface area contributed by atoms with Crippen LogP contribution in [0.25, 0.3) is 0 Å². The van der Waals surface area contributed by atoms with E-state index in [0.29, 0.717) is 0 Å². The third kappa shape index (κ3) is 6.01. The summed E-state index contributed by atoms with van der Waals surface area (Å²) in [6.07, 6.45) is 1.76. The molecule has 0 saturated heterocycles. The van der Waals surface area contributed by atoms with E-state index < -0.39 is 15.8 Å². The highest BCUT2D eigenvalue weighted by Gasteiger charge is 2.27. The molecular formula is C28H26Cl2P2. The van der Waals surface area contributed by atoms with E-state index in [2.05, 4.69) is 121 Å². The van der Waals surface area contributed by atoms with Crippen LogP contribution in [0.2, 0.25) is 0 Å². The summed E-state index contributed by atoms with van der Waals surface area (Å²) in [5.74, 6) is 0. The molecule has 0 fully saturated rings. The van der Waals surface area contributed by atoms with Crippen molar-refractivity contribution < 1.29 is 0 Å². The number of rotatable bonds is 9. The Bertz CT molecular complexity index is 892. The molecule has 0 amide bonds.